The molecule has 130 valence electrons. The third-order valence-electron chi connectivity index (χ3n) is 3.65. The van der Waals surface area contributed by atoms with Crippen LogP contribution in [0, 0.1) is 0 Å². The van der Waals surface area contributed by atoms with Crippen LogP contribution in [0.5, 0.6) is 0 Å². The Bertz CT molecular complexity index is 942. The van der Waals surface area contributed by atoms with Crippen LogP contribution in [0.4, 0.5) is 0 Å². The number of benzene rings is 2. The van der Waals surface area contributed by atoms with Crippen molar-refractivity contribution in [3.8, 4) is 0 Å². The molecule has 25 heavy (non-hydrogen) atoms. The van der Waals surface area contributed by atoms with Crippen molar-refractivity contribution in [2.24, 2.45) is 0 Å². The van der Waals surface area contributed by atoms with Crippen molar-refractivity contribution >= 4 is 33.2 Å². The van der Waals surface area contributed by atoms with Crippen molar-refractivity contribution in [2.45, 2.75) is 18.0 Å². The first-order chi connectivity index (χ1) is 12.0. The van der Waals surface area contributed by atoms with Crippen LogP contribution in [0.15, 0.2) is 76.2 Å². The lowest BCUT2D eigenvalue weighted by Crippen LogP contribution is -2.30. The first-order valence-electron chi connectivity index (χ1n) is 7.49. The second kappa shape index (κ2) is 7.62. The van der Waals surface area contributed by atoms with Gasteiger partial charge in [-0.05, 0) is 29.8 Å². The molecule has 0 saturated heterocycles. The summed E-state index contributed by atoms with van der Waals surface area (Å²) in [6.07, 6.45) is 1.51. The number of sulfonamides is 1. The van der Waals surface area contributed by atoms with E-state index in [2.05, 4.69) is 0 Å². The van der Waals surface area contributed by atoms with Crippen LogP contribution in [0.25, 0.3) is 0 Å². The van der Waals surface area contributed by atoms with Gasteiger partial charge in [0.15, 0.2) is 0 Å². The van der Waals surface area contributed by atoms with Gasteiger partial charge in [0.2, 0.25) is 10.0 Å². The standard InChI is InChI=1S/C18H15Cl2NO3S/c19-16-9-4-10-17(18(16)20)25(22,23)21(13-15-8-5-11-24-15)12-14-6-2-1-3-7-14/h1-11H,12-13H2. The molecule has 0 aliphatic rings. The second-order valence-corrected chi connectivity index (χ2v) is 8.08. The van der Waals surface area contributed by atoms with E-state index in [4.69, 9.17) is 27.6 Å². The van der Waals surface area contributed by atoms with Crippen molar-refractivity contribution in [1.29, 1.82) is 0 Å². The van der Waals surface area contributed by atoms with Crippen LogP contribution < -0.4 is 0 Å². The highest BCUT2D eigenvalue weighted by molar-refractivity contribution is 7.89. The number of hydrogen-bond acceptors (Lipinski definition) is 3. The Morgan fingerprint density at radius 2 is 1.64 bits per heavy atom. The van der Waals surface area contributed by atoms with E-state index in [9.17, 15) is 8.42 Å². The van der Waals surface area contributed by atoms with E-state index in [-0.39, 0.29) is 28.0 Å². The Kier molecular flexibility index (Phi) is 5.49. The molecule has 2 aromatic carbocycles. The largest absolute Gasteiger partial charge is 0.468 e. The minimum atomic E-state index is -3.87. The van der Waals surface area contributed by atoms with E-state index < -0.39 is 10.0 Å². The highest BCUT2D eigenvalue weighted by Gasteiger charge is 2.28. The van der Waals surface area contributed by atoms with E-state index in [1.165, 1.54) is 16.6 Å². The number of nitrogens with zero attached hydrogens (tertiary/aromatic N) is 1. The van der Waals surface area contributed by atoms with Gasteiger partial charge >= 0.3 is 0 Å². The molecule has 0 aliphatic carbocycles. The number of hydrogen-bond donors (Lipinski definition) is 0. The molecule has 0 fully saturated rings. The van der Waals surface area contributed by atoms with Crippen LogP contribution >= 0.6 is 23.2 Å². The van der Waals surface area contributed by atoms with Gasteiger partial charge in [-0.25, -0.2) is 8.42 Å². The Morgan fingerprint density at radius 1 is 0.880 bits per heavy atom. The molecule has 0 unspecified atom stereocenters. The third kappa shape index (κ3) is 4.07. The molecule has 0 bridgehead atoms. The summed E-state index contributed by atoms with van der Waals surface area (Å²) in [5.74, 6) is 0.539. The summed E-state index contributed by atoms with van der Waals surface area (Å²) >= 11 is 12.1. The summed E-state index contributed by atoms with van der Waals surface area (Å²) in [5.41, 5.74) is 0.857. The topological polar surface area (TPSA) is 50.5 Å². The molecule has 0 radical (unpaired) electrons. The predicted octanol–water partition coefficient (Wildman–Crippen LogP) is 4.98. The average molecular weight is 396 g/mol. The maximum absolute atomic E-state index is 13.2. The molecule has 0 spiro atoms. The van der Waals surface area contributed by atoms with Crippen molar-refractivity contribution in [3.05, 3.63) is 88.3 Å². The van der Waals surface area contributed by atoms with Gasteiger partial charge in [0.1, 0.15) is 10.7 Å². The Morgan fingerprint density at radius 3 is 2.32 bits per heavy atom. The van der Waals surface area contributed by atoms with Crippen molar-refractivity contribution in [1.82, 2.24) is 4.31 Å². The summed E-state index contributed by atoms with van der Waals surface area (Å²) in [6.45, 7) is 0.278. The van der Waals surface area contributed by atoms with Gasteiger partial charge < -0.3 is 4.42 Å². The van der Waals surface area contributed by atoms with Gasteiger partial charge in [-0.15, -0.1) is 0 Å². The van der Waals surface area contributed by atoms with Gasteiger partial charge in [-0.1, -0.05) is 59.6 Å². The Labute approximate surface area is 156 Å². The van der Waals surface area contributed by atoms with E-state index >= 15 is 0 Å². The Hall–Kier alpha value is -1.79. The smallest absolute Gasteiger partial charge is 0.245 e. The number of halogens is 2. The minimum Gasteiger partial charge on any atom is -0.468 e. The second-order valence-electron chi connectivity index (χ2n) is 5.39. The van der Waals surface area contributed by atoms with Crippen molar-refractivity contribution < 1.29 is 12.8 Å². The maximum atomic E-state index is 13.2. The number of furan rings is 1. The molecule has 0 N–H and O–H groups in total. The summed E-state index contributed by atoms with van der Waals surface area (Å²) < 4.78 is 33.0. The monoisotopic (exact) mass is 395 g/mol. The predicted molar refractivity (Wildman–Crippen MR) is 98.0 cm³/mol. The normalized spacial score (nSPS) is 11.8. The highest BCUT2D eigenvalue weighted by Crippen LogP contribution is 2.32. The first kappa shape index (κ1) is 18.0. The fourth-order valence-electron chi connectivity index (χ4n) is 2.41. The van der Waals surface area contributed by atoms with E-state index in [1.54, 1.807) is 24.3 Å². The van der Waals surface area contributed by atoms with Gasteiger partial charge in [-0.3, -0.25) is 0 Å². The summed E-state index contributed by atoms with van der Waals surface area (Å²) in [5, 5.41) is 0.210. The maximum Gasteiger partial charge on any atom is 0.245 e. The zero-order valence-corrected chi connectivity index (χ0v) is 15.4. The highest BCUT2D eigenvalue weighted by atomic mass is 35.5. The molecule has 4 nitrogen and oxygen atoms in total. The van der Waals surface area contributed by atoms with Crippen LogP contribution in [-0.4, -0.2) is 12.7 Å². The first-order valence-corrected chi connectivity index (χ1v) is 9.68. The number of rotatable bonds is 6. The van der Waals surface area contributed by atoms with Gasteiger partial charge in [-0.2, -0.15) is 4.31 Å². The van der Waals surface area contributed by atoms with Gasteiger partial charge in [0, 0.05) is 6.54 Å². The molecule has 7 heteroatoms. The molecule has 3 aromatic rings. The van der Waals surface area contributed by atoms with E-state index in [1.807, 2.05) is 30.3 Å². The fourth-order valence-corrected chi connectivity index (χ4v) is 4.54. The van der Waals surface area contributed by atoms with Crippen LogP contribution in [0.1, 0.15) is 11.3 Å². The lowest BCUT2D eigenvalue weighted by Gasteiger charge is -2.22. The molecule has 0 saturated carbocycles. The zero-order valence-electron chi connectivity index (χ0n) is 13.1. The molecule has 1 aromatic heterocycles. The third-order valence-corrected chi connectivity index (χ3v) is 6.41. The SMILES string of the molecule is O=S(=O)(c1cccc(Cl)c1Cl)N(Cc1ccccc1)Cc1ccco1. The Balaban J connectivity index is 2.01. The van der Waals surface area contributed by atoms with Crippen LogP contribution in [0.3, 0.4) is 0 Å². The van der Waals surface area contributed by atoms with E-state index in [0.717, 1.165) is 5.56 Å². The molecule has 0 atom stereocenters. The molecular weight excluding hydrogens is 381 g/mol. The van der Waals surface area contributed by atoms with Gasteiger partial charge in [0.25, 0.3) is 0 Å². The minimum absolute atomic E-state index is 0.0154. The summed E-state index contributed by atoms with van der Waals surface area (Å²) in [6, 6.07) is 17.3. The molecule has 3 rings (SSSR count). The molecular formula is C18H15Cl2NO3S. The van der Waals surface area contributed by atoms with Gasteiger partial charge in [0.05, 0.1) is 22.9 Å². The van der Waals surface area contributed by atoms with Crippen molar-refractivity contribution in [3.63, 3.8) is 0 Å². The quantitative estimate of drug-likeness (QED) is 0.591. The molecule has 0 aliphatic heterocycles. The van der Waals surface area contributed by atoms with Crippen molar-refractivity contribution in [2.75, 3.05) is 0 Å². The fraction of sp³-hybridized carbons (Fsp3) is 0.111. The molecule has 0 amide bonds. The zero-order chi connectivity index (χ0) is 17.9. The molecule has 1 heterocycles. The lowest BCUT2D eigenvalue weighted by molar-refractivity contribution is 0.358. The average Bonchev–Trinajstić information content (AvgIpc) is 3.11. The van der Waals surface area contributed by atoms with E-state index in [0.29, 0.717) is 5.76 Å². The van der Waals surface area contributed by atoms with Crippen LogP contribution in [0.2, 0.25) is 10.0 Å². The lowest BCUT2D eigenvalue weighted by atomic mass is 10.2. The summed E-state index contributed by atoms with van der Waals surface area (Å²) in [7, 11) is -3.87. The summed E-state index contributed by atoms with van der Waals surface area (Å²) in [4.78, 5) is -0.0239. The van der Waals surface area contributed by atoms with Crippen LogP contribution in [-0.2, 0) is 23.1 Å².